The van der Waals surface area contributed by atoms with Crippen LogP contribution in [-0.2, 0) is 4.74 Å². The van der Waals surface area contributed by atoms with Crippen LogP contribution in [0.15, 0.2) is 24.3 Å². The molecule has 1 aromatic rings. The van der Waals surface area contributed by atoms with Crippen LogP contribution in [0.2, 0.25) is 0 Å². The summed E-state index contributed by atoms with van der Waals surface area (Å²) in [5.41, 5.74) is 6.85. The van der Waals surface area contributed by atoms with Crippen LogP contribution in [0.25, 0.3) is 0 Å². The highest BCUT2D eigenvalue weighted by molar-refractivity contribution is 5.58. The molecule has 1 aliphatic rings. The fourth-order valence-electron chi connectivity index (χ4n) is 2.76. The Morgan fingerprint density at radius 3 is 2.48 bits per heavy atom. The lowest BCUT2D eigenvalue weighted by molar-refractivity contribution is 0.0885. The van der Waals surface area contributed by atoms with E-state index in [1.807, 2.05) is 12.1 Å². The Kier molecular flexibility index (Phi) is 6.29. The first-order valence-electron chi connectivity index (χ1n) is 7.61. The topological polar surface area (TPSA) is 51.0 Å². The van der Waals surface area contributed by atoms with E-state index in [0.29, 0.717) is 6.54 Å². The van der Waals surface area contributed by atoms with Crippen LogP contribution in [-0.4, -0.2) is 64.5 Å². The first-order chi connectivity index (χ1) is 10.3. The van der Waals surface area contributed by atoms with Crippen molar-refractivity contribution in [2.75, 3.05) is 58.4 Å². The van der Waals surface area contributed by atoms with Crippen LogP contribution in [0.1, 0.15) is 6.42 Å². The van der Waals surface area contributed by atoms with E-state index in [0.717, 1.165) is 44.9 Å². The van der Waals surface area contributed by atoms with Crippen molar-refractivity contribution < 1.29 is 9.47 Å². The number of benzene rings is 1. The minimum Gasteiger partial charge on any atom is -0.495 e. The maximum atomic E-state index is 5.66. The van der Waals surface area contributed by atoms with Gasteiger partial charge < -0.3 is 20.1 Å². The number of ether oxygens (including phenoxy) is 2. The van der Waals surface area contributed by atoms with E-state index in [1.54, 1.807) is 14.2 Å². The van der Waals surface area contributed by atoms with Gasteiger partial charge in [0.1, 0.15) is 5.75 Å². The smallest absolute Gasteiger partial charge is 0.142 e. The average Bonchev–Trinajstić information content (AvgIpc) is 2.56. The standard InChI is InChI=1S/C16H27N3O2/c1-20-14(13-17)7-8-18-9-11-19(12-10-18)15-5-3-4-6-16(15)21-2/h3-6,14H,7-13,17H2,1-2H3. The first kappa shape index (κ1) is 16.1. The number of anilines is 1. The fraction of sp³-hybridized carbons (Fsp3) is 0.625. The summed E-state index contributed by atoms with van der Waals surface area (Å²) in [5, 5.41) is 0. The van der Waals surface area contributed by atoms with E-state index in [2.05, 4.69) is 21.9 Å². The Labute approximate surface area is 127 Å². The van der Waals surface area contributed by atoms with Crippen LogP contribution in [0.3, 0.4) is 0 Å². The van der Waals surface area contributed by atoms with Crippen molar-refractivity contribution in [3.05, 3.63) is 24.3 Å². The molecule has 1 aromatic carbocycles. The molecule has 21 heavy (non-hydrogen) atoms. The van der Waals surface area contributed by atoms with Crippen LogP contribution in [0, 0.1) is 0 Å². The summed E-state index contributed by atoms with van der Waals surface area (Å²) in [4.78, 5) is 4.87. The van der Waals surface area contributed by atoms with Crippen molar-refractivity contribution in [3.63, 3.8) is 0 Å². The Morgan fingerprint density at radius 2 is 1.86 bits per heavy atom. The maximum absolute atomic E-state index is 5.66. The summed E-state index contributed by atoms with van der Waals surface area (Å²) in [6, 6.07) is 8.22. The van der Waals surface area contributed by atoms with Crippen molar-refractivity contribution in [1.82, 2.24) is 4.90 Å². The molecule has 0 aliphatic carbocycles. The molecule has 5 heteroatoms. The zero-order valence-electron chi connectivity index (χ0n) is 13.1. The molecule has 2 rings (SSSR count). The Bertz CT molecular complexity index is 416. The minimum absolute atomic E-state index is 0.178. The van der Waals surface area contributed by atoms with Crippen molar-refractivity contribution in [2.24, 2.45) is 5.73 Å². The number of piperazine rings is 1. The van der Waals surface area contributed by atoms with Crippen molar-refractivity contribution >= 4 is 5.69 Å². The SMILES string of the molecule is COc1ccccc1N1CCN(CCC(CN)OC)CC1. The van der Waals surface area contributed by atoms with Gasteiger partial charge in [-0.15, -0.1) is 0 Å². The van der Waals surface area contributed by atoms with Crippen LogP contribution in [0.4, 0.5) is 5.69 Å². The Morgan fingerprint density at radius 1 is 1.14 bits per heavy atom. The summed E-state index contributed by atoms with van der Waals surface area (Å²) >= 11 is 0. The molecular weight excluding hydrogens is 266 g/mol. The highest BCUT2D eigenvalue weighted by atomic mass is 16.5. The third-order valence-electron chi connectivity index (χ3n) is 4.16. The van der Waals surface area contributed by atoms with Gasteiger partial charge in [0.15, 0.2) is 0 Å². The summed E-state index contributed by atoms with van der Waals surface area (Å²) in [7, 11) is 3.46. The van der Waals surface area contributed by atoms with Gasteiger partial charge in [-0.1, -0.05) is 12.1 Å². The van der Waals surface area contributed by atoms with E-state index < -0.39 is 0 Å². The molecule has 0 spiro atoms. The predicted octanol–water partition coefficient (Wildman–Crippen LogP) is 1.18. The lowest BCUT2D eigenvalue weighted by Gasteiger charge is -2.37. The molecule has 1 aliphatic heterocycles. The quantitative estimate of drug-likeness (QED) is 0.818. The number of hydrogen-bond acceptors (Lipinski definition) is 5. The van der Waals surface area contributed by atoms with Gasteiger partial charge in [-0.2, -0.15) is 0 Å². The number of nitrogens with two attached hydrogens (primary N) is 1. The third-order valence-corrected chi connectivity index (χ3v) is 4.16. The molecule has 1 unspecified atom stereocenters. The van der Waals surface area contributed by atoms with E-state index in [1.165, 1.54) is 5.69 Å². The van der Waals surface area contributed by atoms with E-state index in [9.17, 15) is 0 Å². The number of methoxy groups -OCH3 is 2. The van der Waals surface area contributed by atoms with Crippen LogP contribution in [0.5, 0.6) is 5.75 Å². The molecule has 1 heterocycles. The number of hydrogen-bond donors (Lipinski definition) is 1. The van der Waals surface area contributed by atoms with Crippen molar-refractivity contribution in [3.8, 4) is 5.75 Å². The zero-order valence-corrected chi connectivity index (χ0v) is 13.1. The van der Waals surface area contributed by atoms with Crippen molar-refractivity contribution in [1.29, 1.82) is 0 Å². The highest BCUT2D eigenvalue weighted by Crippen LogP contribution is 2.28. The fourth-order valence-corrected chi connectivity index (χ4v) is 2.76. The van der Waals surface area contributed by atoms with E-state index in [4.69, 9.17) is 15.2 Å². The van der Waals surface area contributed by atoms with Gasteiger partial charge in [0.25, 0.3) is 0 Å². The highest BCUT2D eigenvalue weighted by Gasteiger charge is 2.19. The van der Waals surface area contributed by atoms with Gasteiger partial charge in [-0.05, 0) is 18.6 Å². The summed E-state index contributed by atoms with van der Waals surface area (Å²) < 4.78 is 10.8. The lowest BCUT2D eigenvalue weighted by atomic mass is 10.2. The number of nitrogens with zero attached hydrogens (tertiary/aromatic N) is 2. The second-order valence-electron chi connectivity index (χ2n) is 5.38. The normalized spacial score (nSPS) is 17.8. The van der Waals surface area contributed by atoms with E-state index in [-0.39, 0.29) is 6.10 Å². The summed E-state index contributed by atoms with van der Waals surface area (Å²) in [5.74, 6) is 0.952. The molecule has 1 saturated heterocycles. The molecule has 0 amide bonds. The van der Waals surface area contributed by atoms with Crippen LogP contribution < -0.4 is 15.4 Å². The first-order valence-corrected chi connectivity index (χ1v) is 7.61. The molecule has 5 nitrogen and oxygen atoms in total. The number of para-hydroxylation sites is 2. The molecule has 0 bridgehead atoms. The van der Waals surface area contributed by atoms with Gasteiger partial charge in [0, 0.05) is 46.4 Å². The molecule has 0 aromatic heterocycles. The summed E-state index contributed by atoms with van der Waals surface area (Å²) in [6.07, 6.45) is 1.18. The van der Waals surface area contributed by atoms with Gasteiger partial charge in [0.2, 0.25) is 0 Å². The molecule has 0 saturated carbocycles. The second kappa shape index (κ2) is 8.22. The van der Waals surface area contributed by atoms with Gasteiger partial charge in [-0.3, -0.25) is 4.90 Å². The molecule has 118 valence electrons. The Balaban J connectivity index is 1.83. The predicted molar refractivity (Wildman–Crippen MR) is 86.1 cm³/mol. The minimum atomic E-state index is 0.178. The third kappa shape index (κ3) is 4.33. The lowest BCUT2D eigenvalue weighted by Crippen LogP contribution is -2.47. The summed E-state index contributed by atoms with van der Waals surface area (Å²) in [6.45, 7) is 5.84. The monoisotopic (exact) mass is 293 g/mol. The van der Waals surface area contributed by atoms with Crippen molar-refractivity contribution in [2.45, 2.75) is 12.5 Å². The number of rotatable bonds is 7. The average molecular weight is 293 g/mol. The van der Waals surface area contributed by atoms with Gasteiger partial charge >= 0.3 is 0 Å². The van der Waals surface area contributed by atoms with E-state index >= 15 is 0 Å². The molecule has 1 fully saturated rings. The Hall–Kier alpha value is -1.30. The largest absolute Gasteiger partial charge is 0.495 e. The molecule has 1 atom stereocenters. The van der Waals surface area contributed by atoms with Gasteiger partial charge in [-0.25, -0.2) is 0 Å². The van der Waals surface area contributed by atoms with Gasteiger partial charge in [0.05, 0.1) is 18.9 Å². The molecular formula is C16H27N3O2. The maximum Gasteiger partial charge on any atom is 0.142 e. The second-order valence-corrected chi connectivity index (χ2v) is 5.38. The molecule has 0 radical (unpaired) electrons. The zero-order chi connectivity index (χ0) is 15.1. The molecule has 2 N–H and O–H groups in total. The van der Waals surface area contributed by atoms with Crippen LogP contribution >= 0.6 is 0 Å².